The number of hydrogen-bond donors (Lipinski definition) is 3. The Bertz CT molecular complexity index is 573. The van der Waals surface area contributed by atoms with Gasteiger partial charge >= 0.3 is 6.03 Å². The van der Waals surface area contributed by atoms with E-state index in [2.05, 4.69) is 10.6 Å². The van der Waals surface area contributed by atoms with Gasteiger partial charge in [0.2, 0.25) is 0 Å². The van der Waals surface area contributed by atoms with Gasteiger partial charge in [-0.05, 0) is 12.5 Å². The van der Waals surface area contributed by atoms with Gasteiger partial charge < -0.3 is 20.3 Å². The summed E-state index contributed by atoms with van der Waals surface area (Å²) in [6.45, 7) is 1.86. The highest BCUT2D eigenvalue weighted by Crippen LogP contribution is 2.24. The van der Waals surface area contributed by atoms with E-state index < -0.39 is 0 Å². The number of para-hydroxylation sites is 1. The van der Waals surface area contributed by atoms with E-state index >= 15 is 0 Å². The van der Waals surface area contributed by atoms with E-state index in [9.17, 15) is 4.79 Å². The zero-order valence-electron chi connectivity index (χ0n) is 11.2. The standard InChI is InChI=1S/C14H19N3O2/c1-3-10(9-18)15-14(19)16-12-8-17(2)13-7-5-4-6-11(12)13/h4-8,10,18H,3,9H2,1-2H3,(H2,15,16,19)/t10-/m0/s1. The molecular weight excluding hydrogens is 242 g/mol. The smallest absolute Gasteiger partial charge is 0.319 e. The van der Waals surface area contributed by atoms with Crippen molar-refractivity contribution in [2.24, 2.45) is 7.05 Å². The number of amides is 2. The Balaban J connectivity index is 2.15. The predicted octanol–water partition coefficient (Wildman–Crippen LogP) is 2.07. The van der Waals surface area contributed by atoms with Crippen LogP contribution in [0.15, 0.2) is 30.5 Å². The number of hydrogen-bond acceptors (Lipinski definition) is 2. The van der Waals surface area contributed by atoms with Gasteiger partial charge in [-0.25, -0.2) is 4.79 Å². The Morgan fingerprint density at radius 3 is 2.84 bits per heavy atom. The molecule has 1 aromatic heterocycles. The average Bonchev–Trinajstić information content (AvgIpc) is 2.73. The molecule has 5 heteroatoms. The highest BCUT2D eigenvalue weighted by molar-refractivity contribution is 6.01. The Morgan fingerprint density at radius 1 is 1.42 bits per heavy atom. The van der Waals surface area contributed by atoms with Crippen molar-refractivity contribution < 1.29 is 9.90 Å². The van der Waals surface area contributed by atoms with Crippen LogP contribution in [0, 0.1) is 0 Å². The third kappa shape index (κ3) is 2.88. The molecule has 0 radical (unpaired) electrons. The van der Waals surface area contributed by atoms with Crippen molar-refractivity contribution in [3.63, 3.8) is 0 Å². The number of benzene rings is 1. The van der Waals surface area contributed by atoms with Crippen LogP contribution in [0.4, 0.5) is 10.5 Å². The van der Waals surface area contributed by atoms with Crippen molar-refractivity contribution in [2.75, 3.05) is 11.9 Å². The maximum atomic E-state index is 11.9. The molecule has 5 nitrogen and oxygen atoms in total. The summed E-state index contributed by atoms with van der Waals surface area (Å²) in [5.74, 6) is 0. The zero-order chi connectivity index (χ0) is 13.8. The lowest BCUT2D eigenvalue weighted by Crippen LogP contribution is -2.39. The van der Waals surface area contributed by atoms with E-state index in [1.807, 2.05) is 49.0 Å². The monoisotopic (exact) mass is 261 g/mol. The number of carbonyl (C=O) groups excluding carboxylic acids is 1. The van der Waals surface area contributed by atoms with Crippen LogP contribution in [0.1, 0.15) is 13.3 Å². The molecule has 0 saturated carbocycles. The Labute approximate surface area is 112 Å². The van der Waals surface area contributed by atoms with Crippen molar-refractivity contribution in [1.82, 2.24) is 9.88 Å². The van der Waals surface area contributed by atoms with Crippen LogP contribution in [-0.2, 0) is 7.05 Å². The molecule has 1 aromatic carbocycles. The summed E-state index contributed by atoms with van der Waals surface area (Å²) in [5.41, 5.74) is 1.83. The van der Waals surface area contributed by atoms with Gasteiger partial charge in [0.1, 0.15) is 0 Å². The van der Waals surface area contributed by atoms with Crippen LogP contribution in [0.3, 0.4) is 0 Å². The first kappa shape index (κ1) is 13.4. The second-order valence-electron chi connectivity index (χ2n) is 4.56. The first-order valence-corrected chi connectivity index (χ1v) is 6.38. The molecule has 3 N–H and O–H groups in total. The number of rotatable bonds is 4. The van der Waals surface area contributed by atoms with Gasteiger partial charge in [0.05, 0.1) is 18.3 Å². The van der Waals surface area contributed by atoms with Crippen molar-refractivity contribution in [3.8, 4) is 0 Å². The van der Waals surface area contributed by atoms with E-state index in [0.717, 1.165) is 16.6 Å². The van der Waals surface area contributed by atoms with Gasteiger partial charge in [0.25, 0.3) is 0 Å². The molecule has 0 unspecified atom stereocenters. The molecule has 0 aliphatic heterocycles. The summed E-state index contributed by atoms with van der Waals surface area (Å²) in [6, 6.07) is 7.36. The van der Waals surface area contributed by atoms with Crippen LogP contribution >= 0.6 is 0 Å². The van der Waals surface area contributed by atoms with Crippen LogP contribution in [0.5, 0.6) is 0 Å². The molecule has 0 spiro atoms. The number of carbonyl (C=O) groups is 1. The molecule has 0 saturated heterocycles. The second-order valence-corrected chi connectivity index (χ2v) is 4.56. The van der Waals surface area contributed by atoms with Crippen molar-refractivity contribution >= 4 is 22.6 Å². The van der Waals surface area contributed by atoms with Gasteiger partial charge in [-0.1, -0.05) is 25.1 Å². The SMILES string of the molecule is CC[C@@H](CO)NC(=O)Nc1cn(C)c2ccccc12. The number of aliphatic hydroxyl groups excluding tert-OH is 1. The lowest BCUT2D eigenvalue weighted by Gasteiger charge is -2.14. The van der Waals surface area contributed by atoms with Crippen LogP contribution in [0.25, 0.3) is 10.9 Å². The largest absolute Gasteiger partial charge is 0.394 e. The normalized spacial score (nSPS) is 12.4. The molecular formula is C14H19N3O2. The Kier molecular flexibility index (Phi) is 4.06. The molecule has 102 valence electrons. The minimum atomic E-state index is -0.294. The average molecular weight is 261 g/mol. The van der Waals surface area contributed by atoms with E-state index in [4.69, 9.17) is 5.11 Å². The highest BCUT2D eigenvalue weighted by Gasteiger charge is 2.12. The molecule has 2 rings (SSSR count). The van der Waals surface area contributed by atoms with Gasteiger partial charge in [-0.15, -0.1) is 0 Å². The molecule has 0 fully saturated rings. The predicted molar refractivity (Wildman–Crippen MR) is 76.2 cm³/mol. The zero-order valence-corrected chi connectivity index (χ0v) is 11.2. The first-order chi connectivity index (χ1) is 9.15. The van der Waals surface area contributed by atoms with Gasteiger partial charge in [0.15, 0.2) is 0 Å². The molecule has 19 heavy (non-hydrogen) atoms. The van der Waals surface area contributed by atoms with Crippen molar-refractivity contribution in [1.29, 1.82) is 0 Å². The summed E-state index contributed by atoms with van der Waals surface area (Å²) in [4.78, 5) is 11.9. The van der Waals surface area contributed by atoms with Crippen LogP contribution < -0.4 is 10.6 Å². The number of aryl methyl sites for hydroxylation is 1. The molecule has 0 aliphatic rings. The van der Waals surface area contributed by atoms with Crippen LogP contribution in [-0.4, -0.2) is 28.4 Å². The lowest BCUT2D eigenvalue weighted by molar-refractivity contribution is 0.222. The number of anilines is 1. The molecule has 2 amide bonds. The van der Waals surface area contributed by atoms with Gasteiger partial charge in [-0.3, -0.25) is 0 Å². The molecule has 1 atom stereocenters. The summed E-state index contributed by atoms with van der Waals surface area (Å²) in [7, 11) is 1.94. The minimum absolute atomic E-state index is 0.0561. The summed E-state index contributed by atoms with van der Waals surface area (Å²) in [6.07, 6.45) is 2.57. The lowest BCUT2D eigenvalue weighted by atomic mass is 10.2. The summed E-state index contributed by atoms with van der Waals surface area (Å²) in [5, 5.41) is 15.6. The second kappa shape index (κ2) is 5.75. The van der Waals surface area contributed by atoms with E-state index in [0.29, 0.717) is 6.42 Å². The fourth-order valence-electron chi connectivity index (χ4n) is 2.06. The highest BCUT2D eigenvalue weighted by atomic mass is 16.3. The number of aliphatic hydroxyl groups is 1. The molecule has 0 aliphatic carbocycles. The number of nitrogens with zero attached hydrogens (tertiary/aromatic N) is 1. The number of aromatic nitrogens is 1. The number of urea groups is 1. The summed E-state index contributed by atoms with van der Waals surface area (Å²) < 4.78 is 1.97. The van der Waals surface area contributed by atoms with Gasteiger partial charge in [-0.2, -0.15) is 0 Å². The van der Waals surface area contributed by atoms with E-state index in [1.165, 1.54) is 0 Å². The third-order valence-electron chi connectivity index (χ3n) is 3.19. The van der Waals surface area contributed by atoms with E-state index in [1.54, 1.807) is 0 Å². The number of fused-ring (bicyclic) bond motifs is 1. The maximum Gasteiger partial charge on any atom is 0.319 e. The maximum absolute atomic E-state index is 11.9. The Morgan fingerprint density at radius 2 is 2.16 bits per heavy atom. The third-order valence-corrected chi connectivity index (χ3v) is 3.19. The van der Waals surface area contributed by atoms with Gasteiger partial charge in [0, 0.05) is 24.1 Å². The first-order valence-electron chi connectivity index (χ1n) is 6.38. The molecule has 1 heterocycles. The molecule has 2 aromatic rings. The van der Waals surface area contributed by atoms with Crippen LogP contribution in [0.2, 0.25) is 0 Å². The quantitative estimate of drug-likeness (QED) is 0.788. The van der Waals surface area contributed by atoms with Crippen molar-refractivity contribution in [3.05, 3.63) is 30.5 Å². The fourth-order valence-corrected chi connectivity index (χ4v) is 2.06. The van der Waals surface area contributed by atoms with Crippen molar-refractivity contribution in [2.45, 2.75) is 19.4 Å². The van der Waals surface area contributed by atoms with E-state index in [-0.39, 0.29) is 18.7 Å². The Hall–Kier alpha value is -2.01. The topological polar surface area (TPSA) is 66.3 Å². The fraction of sp³-hybridized carbons (Fsp3) is 0.357. The number of nitrogens with one attached hydrogen (secondary N) is 2. The summed E-state index contributed by atoms with van der Waals surface area (Å²) >= 11 is 0. The minimum Gasteiger partial charge on any atom is -0.394 e. The molecule has 0 bridgehead atoms.